The zero-order chi connectivity index (χ0) is 10.7. The van der Waals surface area contributed by atoms with Crippen LogP contribution in [0.15, 0.2) is 42.5 Å². The summed E-state index contributed by atoms with van der Waals surface area (Å²) in [6, 6.07) is 15.1. The van der Waals surface area contributed by atoms with Crippen LogP contribution in [0.1, 0.15) is 18.5 Å². The number of fused-ring (bicyclic) bond motifs is 1. The van der Waals surface area contributed by atoms with Gasteiger partial charge < -0.3 is 5.73 Å². The summed E-state index contributed by atoms with van der Waals surface area (Å²) in [7, 11) is 0. The second kappa shape index (κ2) is 4.43. The molecular formula is C13H16N2. The zero-order valence-electron chi connectivity index (χ0n) is 8.90. The van der Waals surface area contributed by atoms with Gasteiger partial charge in [0.25, 0.3) is 0 Å². The van der Waals surface area contributed by atoms with Crippen LogP contribution in [0.25, 0.3) is 10.8 Å². The van der Waals surface area contributed by atoms with Crippen LogP contribution < -0.4 is 11.1 Å². The lowest BCUT2D eigenvalue weighted by molar-refractivity contribution is 0.591. The largest absolute Gasteiger partial charge is 0.318 e. The highest BCUT2D eigenvalue weighted by Crippen LogP contribution is 2.23. The first-order valence-corrected chi connectivity index (χ1v) is 5.24. The standard InChI is InChI=1S/C13H16N2/c1-10(15-9-14)12-8-4-6-11-5-2-3-7-13(11)12/h2-8,10,15H,9,14H2,1H3. The molecule has 1 unspecified atom stereocenters. The first-order chi connectivity index (χ1) is 7.33. The molecule has 0 aliphatic heterocycles. The quantitative estimate of drug-likeness (QED) is 0.747. The molecule has 78 valence electrons. The highest BCUT2D eigenvalue weighted by molar-refractivity contribution is 5.86. The smallest absolute Gasteiger partial charge is 0.0433 e. The molecular weight excluding hydrogens is 184 g/mol. The third-order valence-corrected chi connectivity index (χ3v) is 2.71. The summed E-state index contributed by atoms with van der Waals surface area (Å²) in [6.45, 7) is 2.64. The van der Waals surface area contributed by atoms with Gasteiger partial charge in [0.15, 0.2) is 0 Å². The number of nitrogens with one attached hydrogen (secondary N) is 1. The molecule has 0 fully saturated rings. The van der Waals surface area contributed by atoms with Crippen molar-refractivity contribution >= 4 is 10.8 Å². The first kappa shape index (κ1) is 10.1. The molecule has 0 radical (unpaired) electrons. The maximum absolute atomic E-state index is 5.50. The molecule has 2 rings (SSSR count). The van der Waals surface area contributed by atoms with Crippen molar-refractivity contribution in [2.24, 2.45) is 5.73 Å². The molecule has 0 heterocycles. The lowest BCUT2D eigenvalue weighted by atomic mass is 10.00. The second-order valence-corrected chi connectivity index (χ2v) is 3.70. The highest BCUT2D eigenvalue weighted by Gasteiger charge is 2.06. The minimum atomic E-state index is 0.293. The molecule has 0 amide bonds. The minimum Gasteiger partial charge on any atom is -0.318 e. The van der Waals surface area contributed by atoms with Gasteiger partial charge in [0.2, 0.25) is 0 Å². The monoisotopic (exact) mass is 200 g/mol. The van der Waals surface area contributed by atoms with Crippen molar-refractivity contribution in [1.29, 1.82) is 0 Å². The molecule has 2 aromatic rings. The molecule has 0 spiro atoms. The van der Waals surface area contributed by atoms with Crippen LogP contribution in [-0.2, 0) is 0 Å². The molecule has 0 aromatic heterocycles. The van der Waals surface area contributed by atoms with Crippen LogP contribution in [0, 0.1) is 0 Å². The Hall–Kier alpha value is -1.38. The van der Waals surface area contributed by atoms with Gasteiger partial charge in [-0.2, -0.15) is 0 Å². The molecule has 0 saturated carbocycles. The van der Waals surface area contributed by atoms with Gasteiger partial charge >= 0.3 is 0 Å². The molecule has 2 nitrogen and oxygen atoms in total. The highest BCUT2D eigenvalue weighted by atomic mass is 15.0. The minimum absolute atomic E-state index is 0.293. The van der Waals surface area contributed by atoms with E-state index in [2.05, 4.69) is 54.7 Å². The van der Waals surface area contributed by atoms with Gasteiger partial charge in [-0.25, -0.2) is 0 Å². The van der Waals surface area contributed by atoms with Crippen molar-refractivity contribution < 1.29 is 0 Å². The number of hydrogen-bond donors (Lipinski definition) is 2. The summed E-state index contributed by atoms with van der Waals surface area (Å²) < 4.78 is 0. The van der Waals surface area contributed by atoms with E-state index in [-0.39, 0.29) is 0 Å². The Balaban J connectivity index is 2.50. The van der Waals surface area contributed by atoms with Gasteiger partial charge in [0, 0.05) is 12.7 Å². The fraction of sp³-hybridized carbons (Fsp3) is 0.231. The van der Waals surface area contributed by atoms with Crippen LogP contribution in [0.3, 0.4) is 0 Å². The van der Waals surface area contributed by atoms with E-state index in [0.29, 0.717) is 12.7 Å². The molecule has 2 heteroatoms. The van der Waals surface area contributed by atoms with Crippen LogP contribution in [0.5, 0.6) is 0 Å². The van der Waals surface area contributed by atoms with E-state index in [0.717, 1.165) is 0 Å². The van der Waals surface area contributed by atoms with Crippen molar-refractivity contribution in [3.63, 3.8) is 0 Å². The fourth-order valence-electron chi connectivity index (χ4n) is 1.91. The summed E-state index contributed by atoms with van der Waals surface area (Å²) in [5.41, 5.74) is 6.80. The predicted molar refractivity (Wildman–Crippen MR) is 64.6 cm³/mol. The van der Waals surface area contributed by atoms with E-state index in [1.807, 2.05) is 0 Å². The molecule has 0 aliphatic carbocycles. The Morgan fingerprint density at radius 1 is 1.13 bits per heavy atom. The van der Waals surface area contributed by atoms with Gasteiger partial charge in [0.05, 0.1) is 0 Å². The average molecular weight is 200 g/mol. The Bertz CT molecular complexity index is 446. The third-order valence-electron chi connectivity index (χ3n) is 2.71. The van der Waals surface area contributed by atoms with Gasteiger partial charge in [0.1, 0.15) is 0 Å². The molecule has 0 bridgehead atoms. The topological polar surface area (TPSA) is 38.0 Å². The average Bonchev–Trinajstić information content (AvgIpc) is 2.28. The van der Waals surface area contributed by atoms with Crippen LogP contribution in [-0.4, -0.2) is 6.67 Å². The van der Waals surface area contributed by atoms with Gasteiger partial charge in [-0.15, -0.1) is 0 Å². The third kappa shape index (κ3) is 2.01. The first-order valence-electron chi connectivity index (χ1n) is 5.24. The maximum atomic E-state index is 5.50. The maximum Gasteiger partial charge on any atom is 0.0433 e. The molecule has 3 N–H and O–H groups in total. The second-order valence-electron chi connectivity index (χ2n) is 3.70. The number of rotatable bonds is 3. The lowest BCUT2D eigenvalue weighted by Crippen LogP contribution is -2.25. The van der Waals surface area contributed by atoms with E-state index in [1.54, 1.807) is 0 Å². The molecule has 15 heavy (non-hydrogen) atoms. The zero-order valence-corrected chi connectivity index (χ0v) is 8.90. The van der Waals surface area contributed by atoms with Crippen LogP contribution in [0.4, 0.5) is 0 Å². The number of nitrogens with two attached hydrogens (primary N) is 1. The van der Waals surface area contributed by atoms with Gasteiger partial charge in [-0.1, -0.05) is 42.5 Å². The number of benzene rings is 2. The summed E-state index contributed by atoms with van der Waals surface area (Å²) in [4.78, 5) is 0. The van der Waals surface area contributed by atoms with E-state index >= 15 is 0 Å². The van der Waals surface area contributed by atoms with Gasteiger partial charge in [-0.05, 0) is 23.3 Å². The normalized spacial score (nSPS) is 12.9. The summed E-state index contributed by atoms with van der Waals surface area (Å²) in [5.74, 6) is 0. The Morgan fingerprint density at radius 3 is 2.67 bits per heavy atom. The van der Waals surface area contributed by atoms with Crippen LogP contribution in [0.2, 0.25) is 0 Å². The van der Waals surface area contributed by atoms with Crippen molar-refractivity contribution in [1.82, 2.24) is 5.32 Å². The predicted octanol–water partition coefficient (Wildman–Crippen LogP) is 2.41. The molecule has 0 saturated heterocycles. The van der Waals surface area contributed by atoms with Crippen molar-refractivity contribution in [3.05, 3.63) is 48.0 Å². The molecule has 0 aliphatic rings. The molecule has 2 aromatic carbocycles. The Labute approximate surface area is 90.1 Å². The SMILES string of the molecule is CC(NCN)c1cccc2ccccc12. The van der Waals surface area contributed by atoms with E-state index in [1.165, 1.54) is 16.3 Å². The lowest BCUT2D eigenvalue weighted by Gasteiger charge is -2.15. The van der Waals surface area contributed by atoms with Crippen molar-refractivity contribution in [2.75, 3.05) is 6.67 Å². The van der Waals surface area contributed by atoms with Crippen molar-refractivity contribution in [3.8, 4) is 0 Å². The van der Waals surface area contributed by atoms with Crippen LogP contribution >= 0.6 is 0 Å². The summed E-state index contributed by atoms with van der Waals surface area (Å²) in [5, 5.41) is 5.81. The molecule has 1 atom stereocenters. The fourth-order valence-corrected chi connectivity index (χ4v) is 1.91. The van der Waals surface area contributed by atoms with Gasteiger partial charge in [-0.3, -0.25) is 5.32 Å². The Morgan fingerprint density at radius 2 is 1.87 bits per heavy atom. The van der Waals surface area contributed by atoms with Crippen molar-refractivity contribution in [2.45, 2.75) is 13.0 Å². The van der Waals surface area contributed by atoms with E-state index < -0.39 is 0 Å². The summed E-state index contributed by atoms with van der Waals surface area (Å²) >= 11 is 0. The summed E-state index contributed by atoms with van der Waals surface area (Å²) in [6.07, 6.45) is 0. The van der Waals surface area contributed by atoms with E-state index in [4.69, 9.17) is 5.73 Å². The number of hydrogen-bond acceptors (Lipinski definition) is 2. The van der Waals surface area contributed by atoms with E-state index in [9.17, 15) is 0 Å². The Kier molecular flexibility index (Phi) is 2.99.